The van der Waals surface area contributed by atoms with E-state index in [2.05, 4.69) is 27.8 Å². The van der Waals surface area contributed by atoms with Crippen LogP contribution in [0.2, 0.25) is 0 Å². The van der Waals surface area contributed by atoms with Crippen LogP contribution in [0.5, 0.6) is 0 Å². The second kappa shape index (κ2) is 6.74. The molecule has 3 N–H and O–H groups in total. The van der Waals surface area contributed by atoms with Gasteiger partial charge in [-0.3, -0.25) is 0 Å². The number of allylic oxidation sites excluding steroid dienone is 1. The van der Waals surface area contributed by atoms with Crippen molar-refractivity contribution in [3.63, 3.8) is 0 Å². The summed E-state index contributed by atoms with van der Waals surface area (Å²) < 4.78 is 1.63. The topological polar surface area (TPSA) is 96.2 Å². The maximum Gasteiger partial charge on any atom is 0.356 e. The quantitative estimate of drug-likeness (QED) is 0.700. The number of rotatable bonds is 5. The van der Waals surface area contributed by atoms with Crippen molar-refractivity contribution in [3.8, 4) is 0 Å². The van der Waals surface area contributed by atoms with Crippen LogP contribution in [0.1, 0.15) is 29.8 Å². The van der Waals surface area contributed by atoms with Crippen LogP contribution in [0.25, 0.3) is 0 Å². The Morgan fingerprint density at radius 1 is 1.45 bits per heavy atom. The average molecular weight is 278 g/mol. The maximum atomic E-state index is 11.6. The molecule has 0 aliphatic heterocycles. The molecule has 7 heteroatoms. The number of nitrogens with one attached hydrogen (secondary N) is 2. The van der Waals surface area contributed by atoms with Crippen molar-refractivity contribution >= 4 is 12.0 Å². The summed E-state index contributed by atoms with van der Waals surface area (Å²) in [5.41, 5.74) is 0.00319. The van der Waals surface area contributed by atoms with Crippen molar-refractivity contribution < 1.29 is 14.7 Å². The fourth-order valence-electron chi connectivity index (χ4n) is 2.05. The highest BCUT2D eigenvalue weighted by Gasteiger charge is 2.12. The van der Waals surface area contributed by atoms with E-state index in [1.807, 2.05) is 0 Å². The number of carboxylic acid groups (broad SMARTS) is 1. The number of nitrogens with zero attached hydrogens (tertiary/aromatic N) is 2. The average Bonchev–Trinajstić information content (AvgIpc) is 2.89. The van der Waals surface area contributed by atoms with E-state index in [-0.39, 0.29) is 17.8 Å². The molecule has 7 nitrogen and oxygen atoms in total. The van der Waals surface area contributed by atoms with E-state index in [0.29, 0.717) is 13.1 Å². The van der Waals surface area contributed by atoms with Crippen molar-refractivity contribution in [2.24, 2.45) is 0 Å². The van der Waals surface area contributed by atoms with Gasteiger partial charge in [-0.25, -0.2) is 14.6 Å². The zero-order chi connectivity index (χ0) is 14.4. The summed E-state index contributed by atoms with van der Waals surface area (Å²) >= 11 is 0. The van der Waals surface area contributed by atoms with E-state index < -0.39 is 5.97 Å². The number of aromatic carboxylic acids is 1. The highest BCUT2D eigenvalue weighted by Crippen LogP contribution is 2.09. The van der Waals surface area contributed by atoms with Crippen LogP contribution in [0.3, 0.4) is 0 Å². The molecular weight excluding hydrogens is 260 g/mol. The Kier molecular flexibility index (Phi) is 4.75. The van der Waals surface area contributed by atoms with E-state index in [0.717, 1.165) is 19.3 Å². The van der Waals surface area contributed by atoms with Gasteiger partial charge in [0, 0.05) is 25.3 Å². The number of aromatic nitrogens is 2. The third-order valence-corrected chi connectivity index (χ3v) is 3.11. The minimum absolute atomic E-state index is 0.00319. The molecule has 1 aliphatic carbocycles. The van der Waals surface area contributed by atoms with Crippen molar-refractivity contribution in [1.82, 2.24) is 20.2 Å². The van der Waals surface area contributed by atoms with E-state index in [9.17, 15) is 9.59 Å². The predicted molar refractivity (Wildman–Crippen MR) is 72.5 cm³/mol. The zero-order valence-electron chi connectivity index (χ0n) is 11.1. The molecule has 0 fully saturated rings. The summed E-state index contributed by atoms with van der Waals surface area (Å²) in [7, 11) is 0. The normalized spacial score (nSPS) is 17.7. The van der Waals surface area contributed by atoms with Crippen LogP contribution in [0.4, 0.5) is 4.79 Å². The van der Waals surface area contributed by atoms with Gasteiger partial charge in [-0.2, -0.15) is 0 Å². The lowest BCUT2D eigenvalue weighted by atomic mass is 10.0. The molecule has 0 aromatic carbocycles. The Bertz CT molecular complexity index is 509. The van der Waals surface area contributed by atoms with Crippen molar-refractivity contribution in [1.29, 1.82) is 0 Å². The molecule has 108 valence electrons. The Morgan fingerprint density at radius 2 is 2.30 bits per heavy atom. The Hall–Kier alpha value is -2.31. The Labute approximate surface area is 116 Å². The highest BCUT2D eigenvalue weighted by atomic mass is 16.4. The molecule has 1 heterocycles. The summed E-state index contributed by atoms with van der Waals surface area (Å²) in [5.74, 6) is -1.06. The van der Waals surface area contributed by atoms with Crippen LogP contribution in [0, 0.1) is 0 Å². The van der Waals surface area contributed by atoms with Gasteiger partial charge in [-0.05, 0) is 19.3 Å². The van der Waals surface area contributed by atoms with Gasteiger partial charge >= 0.3 is 12.0 Å². The summed E-state index contributed by atoms with van der Waals surface area (Å²) in [6.45, 7) is 0.905. The molecule has 0 saturated heterocycles. The van der Waals surface area contributed by atoms with Crippen LogP contribution in [0.15, 0.2) is 24.7 Å². The Balaban J connectivity index is 1.68. The van der Waals surface area contributed by atoms with Gasteiger partial charge in [-0.15, -0.1) is 0 Å². The molecule has 1 aromatic heterocycles. The van der Waals surface area contributed by atoms with Gasteiger partial charge in [0.1, 0.15) is 0 Å². The first kappa shape index (κ1) is 14.1. The highest BCUT2D eigenvalue weighted by molar-refractivity contribution is 5.84. The minimum Gasteiger partial charge on any atom is -0.476 e. The van der Waals surface area contributed by atoms with Gasteiger partial charge in [0.15, 0.2) is 5.69 Å². The smallest absolute Gasteiger partial charge is 0.356 e. The van der Waals surface area contributed by atoms with Crippen LogP contribution < -0.4 is 10.6 Å². The molecule has 0 radical (unpaired) electrons. The summed E-state index contributed by atoms with van der Waals surface area (Å²) in [6.07, 6.45) is 9.91. The maximum absolute atomic E-state index is 11.6. The van der Waals surface area contributed by atoms with Gasteiger partial charge in [-0.1, -0.05) is 12.2 Å². The number of amides is 2. The van der Waals surface area contributed by atoms with Crippen molar-refractivity contribution in [2.75, 3.05) is 6.54 Å². The predicted octanol–water partition coefficient (Wildman–Crippen LogP) is 0.989. The van der Waals surface area contributed by atoms with Crippen molar-refractivity contribution in [2.45, 2.75) is 31.8 Å². The largest absolute Gasteiger partial charge is 0.476 e. The number of hydrogen-bond donors (Lipinski definition) is 3. The summed E-state index contributed by atoms with van der Waals surface area (Å²) in [4.78, 5) is 26.0. The van der Waals surface area contributed by atoms with Gasteiger partial charge in [0.05, 0.1) is 6.33 Å². The number of carboxylic acids is 1. The summed E-state index contributed by atoms with van der Waals surface area (Å²) in [5, 5.41) is 14.4. The first-order valence-corrected chi connectivity index (χ1v) is 6.59. The van der Waals surface area contributed by atoms with E-state index in [4.69, 9.17) is 5.11 Å². The first-order valence-electron chi connectivity index (χ1n) is 6.59. The SMILES string of the molecule is O=C(NCCn1cnc(C(=O)O)c1)NC1CC=CCC1. The lowest BCUT2D eigenvalue weighted by molar-refractivity contribution is 0.0691. The minimum atomic E-state index is -1.06. The second-order valence-corrected chi connectivity index (χ2v) is 4.68. The van der Waals surface area contributed by atoms with Gasteiger partial charge in [0.2, 0.25) is 0 Å². The first-order chi connectivity index (χ1) is 9.65. The van der Waals surface area contributed by atoms with E-state index in [1.54, 1.807) is 4.57 Å². The molecule has 1 aromatic rings. The van der Waals surface area contributed by atoms with Gasteiger partial charge in [0.25, 0.3) is 0 Å². The fraction of sp³-hybridized carbons (Fsp3) is 0.462. The third kappa shape index (κ3) is 4.11. The lowest BCUT2D eigenvalue weighted by Gasteiger charge is -2.19. The summed E-state index contributed by atoms with van der Waals surface area (Å²) in [6, 6.07) is 0.00994. The molecule has 0 spiro atoms. The Morgan fingerprint density at radius 3 is 2.95 bits per heavy atom. The number of hydrogen-bond acceptors (Lipinski definition) is 3. The molecule has 0 saturated carbocycles. The van der Waals surface area contributed by atoms with Crippen LogP contribution in [-0.4, -0.2) is 39.2 Å². The number of imidazole rings is 1. The molecule has 2 amide bonds. The lowest BCUT2D eigenvalue weighted by Crippen LogP contribution is -2.43. The third-order valence-electron chi connectivity index (χ3n) is 3.11. The molecule has 1 atom stereocenters. The number of carbonyl (C=O) groups is 2. The van der Waals surface area contributed by atoms with Crippen LogP contribution >= 0.6 is 0 Å². The zero-order valence-corrected chi connectivity index (χ0v) is 11.1. The molecular formula is C13H18N4O3. The molecule has 1 aliphatic rings. The second-order valence-electron chi connectivity index (χ2n) is 4.68. The van der Waals surface area contributed by atoms with Crippen LogP contribution in [-0.2, 0) is 6.54 Å². The molecule has 0 bridgehead atoms. The van der Waals surface area contributed by atoms with Gasteiger partial charge < -0.3 is 20.3 Å². The van der Waals surface area contributed by atoms with E-state index in [1.165, 1.54) is 12.5 Å². The standard InChI is InChI=1S/C13H18N4O3/c18-12(19)11-8-17(9-15-11)7-6-14-13(20)16-10-4-2-1-3-5-10/h1-2,8-10H,3-7H2,(H,18,19)(H2,14,16,20). The number of urea groups is 1. The monoisotopic (exact) mass is 278 g/mol. The van der Waals surface area contributed by atoms with E-state index >= 15 is 0 Å². The number of carbonyl (C=O) groups excluding carboxylic acids is 1. The fourth-order valence-corrected chi connectivity index (χ4v) is 2.05. The molecule has 1 unspecified atom stereocenters. The molecule has 20 heavy (non-hydrogen) atoms. The molecule has 2 rings (SSSR count). The van der Waals surface area contributed by atoms with Crippen molar-refractivity contribution in [3.05, 3.63) is 30.4 Å².